The monoisotopic (exact) mass is 369 g/mol. The van der Waals surface area contributed by atoms with Crippen molar-refractivity contribution < 1.29 is 18.3 Å². The third-order valence-electron chi connectivity index (χ3n) is 4.60. The first kappa shape index (κ1) is 17.3. The SMILES string of the molecule is O=C(c1ccc(Cn2ccnc2)o1)N1CCC(Oc2cccc(F)c2)CC1. The molecule has 0 unspecified atom stereocenters. The van der Waals surface area contributed by atoms with E-state index in [9.17, 15) is 9.18 Å². The number of amides is 1. The maximum Gasteiger partial charge on any atom is 0.289 e. The predicted octanol–water partition coefficient (Wildman–Crippen LogP) is 3.35. The van der Waals surface area contributed by atoms with Crippen LogP contribution < -0.4 is 4.74 Å². The Bertz CT molecular complexity index is 899. The van der Waals surface area contributed by atoms with E-state index in [2.05, 4.69) is 4.98 Å². The number of imidazole rings is 1. The van der Waals surface area contributed by atoms with E-state index in [4.69, 9.17) is 9.15 Å². The Balaban J connectivity index is 1.31. The minimum absolute atomic E-state index is 0.0238. The number of aromatic nitrogens is 2. The van der Waals surface area contributed by atoms with E-state index in [1.54, 1.807) is 35.6 Å². The van der Waals surface area contributed by atoms with Crippen LogP contribution in [0.25, 0.3) is 0 Å². The van der Waals surface area contributed by atoms with Crippen LogP contribution in [-0.4, -0.2) is 39.6 Å². The Morgan fingerprint density at radius 1 is 1.26 bits per heavy atom. The standard InChI is InChI=1S/C20H20FN3O3/c21-15-2-1-3-17(12-15)26-16-6-9-24(10-7-16)20(25)19-5-4-18(27-19)13-23-11-8-22-14-23/h1-5,8,11-12,14,16H,6-7,9-10,13H2. The van der Waals surface area contributed by atoms with Gasteiger partial charge in [-0.3, -0.25) is 4.79 Å². The Morgan fingerprint density at radius 3 is 2.85 bits per heavy atom. The van der Waals surface area contributed by atoms with E-state index in [1.807, 2.05) is 16.8 Å². The average Bonchev–Trinajstić information content (AvgIpc) is 3.34. The molecule has 0 saturated carbocycles. The molecule has 140 valence electrons. The maximum atomic E-state index is 13.2. The van der Waals surface area contributed by atoms with Gasteiger partial charge in [-0.05, 0) is 24.3 Å². The highest BCUT2D eigenvalue weighted by atomic mass is 19.1. The minimum atomic E-state index is -0.315. The molecular weight excluding hydrogens is 349 g/mol. The van der Waals surface area contributed by atoms with Crippen LogP contribution in [0.5, 0.6) is 5.75 Å². The Labute approximate surface area is 156 Å². The third-order valence-corrected chi connectivity index (χ3v) is 4.60. The number of carbonyl (C=O) groups excluding carboxylic acids is 1. The van der Waals surface area contributed by atoms with Crippen molar-refractivity contribution in [1.82, 2.24) is 14.5 Å². The molecule has 27 heavy (non-hydrogen) atoms. The second-order valence-electron chi connectivity index (χ2n) is 6.57. The van der Waals surface area contributed by atoms with Gasteiger partial charge in [-0.1, -0.05) is 6.07 Å². The van der Waals surface area contributed by atoms with Crippen LogP contribution in [0.1, 0.15) is 29.2 Å². The number of ether oxygens (including phenoxy) is 1. The summed E-state index contributed by atoms with van der Waals surface area (Å²) in [6.07, 6.45) is 6.62. The molecule has 1 saturated heterocycles. The zero-order valence-corrected chi connectivity index (χ0v) is 14.8. The summed E-state index contributed by atoms with van der Waals surface area (Å²) in [4.78, 5) is 18.4. The molecule has 6 nitrogen and oxygen atoms in total. The van der Waals surface area contributed by atoms with Gasteiger partial charge in [0.05, 0.1) is 12.9 Å². The van der Waals surface area contributed by atoms with Crippen LogP contribution in [0.15, 0.2) is 59.5 Å². The molecule has 2 aromatic heterocycles. The van der Waals surface area contributed by atoms with Crippen molar-refractivity contribution in [3.8, 4) is 5.75 Å². The zero-order chi connectivity index (χ0) is 18.6. The largest absolute Gasteiger partial charge is 0.490 e. The fourth-order valence-electron chi connectivity index (χ4n) is 3.20. The van der Waals surface area contributed by atoms with Gasteiger partial charge in [0.15, 0.2) is 5.76 Å². The lowest BCUT2D eigenvalue weighted by atomic mass is 10.1. The van der Waals surface area contributed by atoms with Crippen molar-refractivity contribution in [2.45, 2.75) is 25.5 Å². The van der Waals surface area contributed by atoms with Gasteiger partial charge in [0.25, 0.3) is 5.91 Å². The Kier molecular flexibility index (Phi) is 4.91. The molecule has 0 N–H and O–H groups in total. The number of hydrogen-bond acceptors (Lipinski definition) is 4. The van der Waals surface area contributed by atoms with E-state index >= 15 is 0 Å². The lowest BCUT2D eigenvalue weighted by Crippen LogP contribution is -2.41. The number of carbonyl (C=O) groups is 1. The molecule has 3 aromatic rings. The highest BCUT2D eigenvalue weighted by molar-refractivity contribution is 5.91. The van der Waals surface area contributed by atoms with Gasteiger partial charge >= 0.3 is 0 Å². The van der Waals surface area contributed by atoms with Gasteiger partial charge < -0.3 is 18.6 Å². The van der Waals surface area contributed by atoms with Gasteiger partial charge in [0.1, 0.15) is 23.4 Å². The molecule has 0 bridgehead atoms. The smallest absolute Gasteiger partial charge is 0.289 e. The summed E-state index contributed by atoms with van der Waals surface area (Å²) in [5, 5.41) is 0. The van der Waals surface area contributed by atoms with Crippen LogP contribution >= 0.6 is 0 Å². The van der Waals surface area contributed by atoms with E-state index in [0.717, 1.165) is 0 Å². The van der Waals surface area contributed by atoms with E-state index in [0.29, 0.717) is 49.7 Å². The lowest BCUT2D eigenvalue weighted by molar-refractivity contribution is 0.0564. The van der Waals surface area contributed by atoms with Crippen molar-refractivity contribution in [2.75, 3.05) is 13.1 Å². The second-order valence-corrected chi connectivity index (χ2v) is 6.57. The number of nitrogens with zero attached hydrogens (tertiary/aromatic N) is 3. The van der Waals surface area contributed by atoms with Crippen molar-refractivity contribution in [3.05, 3.63) is 72.5 Å². The highest BCUT2D eigenvalue weighted by Crippen LogP contribution is 2.21. The number of likely N-dealkylation sites (tertiary alicyclic amines) is 1. The Morgan fingerprint density at radius 2 is 2.11 bits per heavy atom. The fourth-order valence-corrected chi connectivity index (χ4v) is 3.20. The normalized spacial score (nSPS) is 15.1. The molecule has 1 fully saturated rings. The fraction of sp³-hybridized carbons (Fsp3) is 0.300. The van der Waals surface area contributed by atoms with Gasteiger partial charge in [0.2, 0.25) is 0 Å². The first-order valence-corrected chi connectivity index (χ1v) is 8.93. The van der Waals surface area contributed by atoms with Crippen molar-refractivity contribution >= 4 is 5.91 Å². The van der Waals surface area contributed by atoms with Crippen LogP contribution in [0.2, 0.25) is 0 Å². The van der Waals surface area contributed by atoms with E-state index in [1.165, 1.54) is 12.1 Å². The van der Waals surface area contributed by atoms with E-state index in [-0.39, 0.29) is 17.8 Å². The number of rotatable bonds is 5. The molecule has 0 atom stereocenters. The predicted molar refractivity (Wildman–Crippen MR) is 96.0 cm³/mol. The van der Waals surface area contributed by atoms with Crippen LogP contribution in [0, 0.1) is 5.82 Å². The molecule has 1 aliphatic rings. The number of piperidine rings is 1. The topological polar surface area (TPSA) is 60.5 Å². The van der Waals surface area contributed by atoms with Crippen LogP contribution in [0.4, 0.5) is 4.39 Å². The quantitative estimate of drug-likeness (QED) is 0.692. The van der Waals surface area contributed by atoms with Gasteiger partial charge in [-0.15, -0.1) is 0 Å². The molecule has 0 spiro atoms. The summed E-state index contributed by atoms with van der Waals surface area (Å²) in [6.45, 7) is 1.70. The minimum Gasteiger partial charge on any atom is -0.490 e. The molecule has 7 heteroatoms. The average molecular weight is 369 g/mol. The van der Waals surface area contributed by atoms with Gasteiger partial charge in [-0.2, -0.15) is 0 Å². The summed E-state index contributed by atoms with van der Waals surface area (Å²) in [5.74, 6) is 1.14. The van der Waals surface area contributed by atoms with Crippen molar-refractivity contribution in [1.29, 1.82) is 0 Å². The number of halogens is 1. The van der Waals surface area contributed by atoms with Crippen LogP contribution in [-0.2, 0) is 6.54 Å². The molecular formula is C20H20FN3O3. The highest BCUT2D eigenvalue weighted by Gasteiger charge is 2.26. The molecule has 3 heterocycles. The summed E-state index contributed by atoms with van der Waals surface area (Å²) >= 11 is 0. The van der Waals surface area contributed by atoms with Crippen molar-refractivity contribution in [2.24, 2.45) is 0 Å². The van der Waals surface area contributed by atoms with Crippen molar-refractivity contribution in [3.63, 3.8) is 0 Å². The summed E-state index contributed by atoms with van der Waals surface area (Å²) in [6, 6.07) is 9.66. The second kappa shape index (κ2) is 7.65. The first-order chi connectivity index (χ1) is 13.2. The van der Waals surface area contributed by atoms with Gasteiger partial charge in [-0.25, -0.2) is 9.37 Å². The molecule has 4 rings (SSSR count). The molecule has 0 aliphatic carbocycles. The zero-order valence-electron chi connectivity index (χ0n) is 14.8. The summed E-state index contributed by atoms with van der Waals surface area (Å²) in [7, 11) is 0. The number of furan rings is 1. The van der Waals surface area contributed by atoms with Crippen LogP contribution in [0.3, 0.4) is 0 Å². The lowest BCUT2D eigenvalue weighted by Gasteiger charge is -2.31. The number of benzene rings is 1. The molecule has 1 aromatic carbocycles. The summed E-state index contributed by atoms with van der Waals surface area (Å²) < 4.78 is 26.6. The first-order valence-electron chi connectivity index (χ1n) is 8.93. The molecule has 1 aliphatic heterocycles. The summed E-state index contributed by atoms with van der Waals surface area (Å²) in [5.41, 5.74) is 0. The number of hydrogen-bond donors (Lipinski definition) is 0. The molecule has 1 amide bonds. The molecule has 0 radical (unpaired) electrons. The maximum absolute atomic E-state index is 13.2. The Hall–Kier alpha value is -3.09. The van der Waals surface area contributed by atoms with E-state index < -0.39 is 0 Å². The third kappa shape index (κ3) is 4.19. The van der Waals surface area contributed by atoms with Gasteiger partial charge in [0, 0.05) is 44.4 Å².